The summed E-state index contributed by atoms with van der Waals surface area (Å²) in [5.41, 5.74) is 5.17. The standard InChI is InChI=1S/C31H30Cl2FN9S/c1-31(2,3)42-8-6-21(7-9-42)43-16-26(40-41-43)30(27-15-36-17-44-27)39-20-10-22-28(38-19-4-5-25(34)23(32)11-19)18(13-35)14-37-29(22)24(33)12-20/h4-5,10-12,14-17,21,30,39H,6-9H2,1-3H3,(H,37,38). The van der Waals surface area contributed by atoms with E-state index in [2.05, 4.69) is 62.7 Å². The molecule has 9 nitrogen and oxygen atoms in total. The van der Waals surface area contributed by atoms with Gasteiger partial charge in [-0.15, -0.1) is 16.4 Å². The number of hydrogen-bond acceptors (Lipinski definition) is 9. The number of benzene rings is 2. The van der Waals surface area contributed by atoms with E-state index in [1.165, 1.54) is 29.7 Å². The lowest BCUT2D eigenvalue weighted by Crippen LogP contribution is -2.46. The minimum absolute atomic E-state index is 0.0348. The van der Waals surface area contributed by atoms with Crippen LogP contribution in [0.15, 0.2) is 54.4 Å². The van der Waals surface area contributed by atoms with Crippen LogP contribution >= 0.6 is 34.5 Å². The van der Waals surface area contributed by atoms with Crippen molar-refractivity contribution in [3.63, 3.8) is 0 Å². The topological polar surface area (TPSA) is 108 Å². The highest BCUT2D eigenvalue weighted by Gasteiger charge is 2.29. The molecule has 0 amide bonds. The van der Waals surface area contributed by atoms with Crippen molar-refractivity contribution in [1.82, 2.24) is 29.9 Å². The van der Waals surface area contributed by atoms with E-state index in [0.717, 1.165) is 36.5 Å². The zero-order valence-electron chi connectivity index (χ0n) is 24.4. The molecule has 1 aliphatic rings. The number of thiazole rings is 1. The first-order valence-electron chi connectivity index (χ1n) is 14.2. The highest BCUT2D eigenvalue weighted by Crippen LogP contribution is 2.38. The summed E-state index contributed by atoms with van der Waals surface area (Å²) in [5.74, 6) is -0.534. The molecule has 1 atom stereocenters. The second kappa shape index (κ2) is 12.3. The summed E-state index contributed by atoms with van der Waals surface area (Å²) in [6, 6.07) is 10.1. The number of likely N-dealkylation sites (tertiary alicyclic amines) is 1. The molecule has 0 radical (unpaired) electrons. The van der Waals surface area contributed by atoms with Gasteiger partial charge in [0.05, 0.1) is 49.4 Å². The monoisotopic (exact) mass is 649 g/mol. The third-order valence-corrected chi connectivity index (χ3v) is 9.31. The van der Waals surface area contributed by atoms with Gasteiger partial charge >= 0.3 is 0 Å². The normalized spacial score (nSPS) is 15.3. The van der Waals surface area contributed by atoms with Crippen LogP contribution in [0.4, 0.5) is 21.5 Å². The predicted molar refractivity (Wildman–Crippen MR) is 173 cm³/mol. The Bertz CT molecular complexity index is 1840. The Labute approximate surface area is 268 Å². The smallest absolute Gasteiger partial charge is 0.141 e. The van der Waals surface area contributed by atoms with Crippen molar-refractivity contribution in [3.05, 3.63) is 86.4 Å². The Kier molecular flexibility index (Phi) is 8.44. The van der Waals surface area contributed by atoms with E-state index in [0.29, 0.717) is 38.6 Å². The van der Waals surface area contributed by atoms with Crippen LogP contribution in [0.3, 0.4) is 0 Å². The van der Waals surface area contributed by atoms with E-state index in [9.17, 15) is 9.65 Å². The number of aromatic nitrogens is 5. The molecule has 44 heavy (non-hydrogen) atoms. The first-order valence-corrected chi connectivity index (χ1v) is 15.8. The van der Waals surface area contributed by atoms with Crippen LogP contribution < -0.4 is 10.6 Å². The highest BCUT2D eigenvalue weighted by molar-refractivity contribution is 7.09. The number of rotatable bonds is 7. The van der Waals surface area contributed by atoms with Crippen molar-refractivity contribution in [2.24, 2.45) is 0 Å². The number of pyridine rings is 1. The molecule has 226 valence electrons. The van der Waals surface area contributed by atoms with Crippen LogP contribution in [-0.4, -0.2) is 48.5 Å². The Morgan fingerprint density at radius 3 is 2.55 bits per heavy atom. The molecule has 1 aliphatic heterocycles. The van der Waals surface area contributed by atoms with E-state index in [1.807, 2.05) is 23.1 Å². The molecule has 0 spiro atoms. The summed E-state index contributed by atoms with van der Waals surface area (Å²) in [6.45, 7) is 8.77. The first kappa shape index (κ1) is 30.2. The van der Waals surface area contributed by atoms with Crippen molar-refractivity contribution < 1.29 is 4.39 Å². The van der Waals surface area contributed by atoms with Gasteiger partial charge in [0.25, 0.3) is 0 Å². The SMILES string of the molecule is CC(C)(C)N1CCC(n2cc(C(Nc3cc(Cl)c4ncc(C#N)c(Nc5ccc(F)c(Cl)c5)c4c3)c3cncs3)nn2)CC1. The van der Waals surface area contributed by atoms with Crippen LogP contribution in [0.2, 0.25) is 10.0 Å². The quantitative estimate of drug-likeness (QED) is 0.183. The van der Waals surface area contributed by atoms with Gasteiger partial charge in [-0.3, -0.25) is 14.9 Å². The summed E-state index contributed by atoms with van der Waals surface area (Å²) >= 11 is 14.3. The number of halogens is 3. The van der Waals surface area contributed by atoms with Gasteiger partial charge in [0, 0.05) is 47.8 Å². The second-order valence-corrected chi connectivity index (χ2v) is 13.5. The molecule has 0 aliphatic carbocycles. The number of fused-ring (bicyclic) bond motifs is 1. The molecule has 3 aromatic heterocycles. The number of anilines is 3. The Hall–Kier alpha value is -3.82. The second-order valence-electron chi connectivity index (χ2n) is 11.8. The molecular formula is C31H30Cl2FN9S. The van der Waals surface area contributed by atoms with Crippen LogP contribution in [0.25, 0.3) is 10.9 Å². The molecule has 5 aromatic rings. The Morgan fingerprint density at radius 2 is 1.86 bits per heavy atom. The summed E-state index contributed by atoms with van der Waals surface area (Å²) in [7, 11) is 0. The molecule has 4 heterocycles. The minimum Gasteiger partial charge on any atom is -0.372 e. The van der Waals surface area contributed by atoms with Gasteiger partial charge in [-0.1, -0.05) is 28.4 Å². The molecule has 1 unspecified atom stereocenters. The average molecular weight is 651 g/mol. The largest absolute Gasteiger partial charge is 0.372 e. The van der Waals surface area contributed by atoms with Crippen molar-refractivity contribution in [2.75, 3.05) is 23.7 Å². The summed E-state index contributed by atoms with van der Waals surface area (Å²) in [5, 5.41) is 26.8. The van der Waals surface area contributed by atoms with Crippen molar-refractivity contribution >= 4 is 62.5 Å². The predicted octanol–water partition coefficient (Wildman–Crippen LogP) is 7.98. The molecule has 0 saturated carbocycles. The van der Waals surface area contributed by atoms with Gasteiger partial charge < -0.3 is 10.6 Å². The lowest BCUT2D eigenvalue weighted by molar-refractivity contribution is 0.0866. The van der Waals surface area contributed by atoms with E-state index in [4.69, 9.17) is 23.2 Å². The fraction of sp³-hybridized carbons (Fsp3) is 0.323. The molecular weight excluding hydrogens is 620 g/mol. The third kappa shape index (κ3) is 6.21. The Morgan fingerprint density at radius 1 is 1.09 bits per heavy atom. The van der Waals surface area contributed by atoms with E-state index >= 15 is 0 Å². The van der Waals surface area contributed by atoms with Crippen molar-refractivity contribution in [1.29, 1.82) is 5.26 Å². The maximum atomic E-state index is 13.8. The van der Waals surface area contributed by atoms with Crippen molar-refractivity contribution in [3.8, 4) is 6.07 Å². The molecule has 6 rings (SSSR count). The third-order valence-electron chi connectivity index (χ3n) is 7.89. The fourth-order valence-corrected chi connectivity index (χ4v) is 6.64. The van der Waals surface area contributed by atoms with E-state index in [1.54, 1.807) is 17.6 Å². The molecule has 1 saturated heterocycles. The van der Waals surface area contributed by atoms with Gasteiger partial charge in [0.1, 0.15) is 23.6 Å². The number of piperidine rings is 1. The van der Waals surface area contributed by atoms with Gasteiger partial charge in [0.15, 0.2) is 0 Å². The lowest BCUT2D eigenvalue weighted by atomic mass is 9.98. The fourth-order valence-electron chi connectivity index (χ4n) is 5.51. The lowest BCUT2D eigenvalue weighted by Gasteiger charge is -2.40. The van der Waals surface area contributed by atoms with Crippen LogP contribution in [0.5, 0.6) is 0 Å². The number of nitriles is 1. The highest BCUT2D eigenvalue weighted by atomic mass is 35.5. The van der Waals surface area contributed by atoms with Crippen LogP contribution in [0, 0.1) is 17.1 Å². The number of nitrogens with one attached hydrogen (secondary N) is 2. The number of hydrogen-bond donors (Lipinski definition) is 2. The zero-order valence-corrected chi connectivity index (χ0v) is 26.7. The van der Waals surface area contributed by atoms with Gasteiger partial charge in [-0.25, -0.2) is 9.07 Å². The zero-order chi connectivity index (χ0) is 31.0. The molecule has 2 aromatic carbocycles. The molecule has 13 heteroatoms. The maximum Gasteiger partial charge on any atom is 0.141 e. The van der Waals surface area contributed by atoms with Crippen LogP contribution in [0.1, 0.15) is 61.8 Å². The van der Waals surface area contributed by atoms with Crippen LogP contribution in [-0.2, 0) is 0 Å². The number of nitrogens with zero attached hydrogens (tertiary/aromatic N) is 7. The molecule has 0 bridgehead atoms. The van der Waals surface area contributed by atoms with E-state index < -0.39 is 5.82 Å². The van der Waals surface area contributed by atoms with Gasteiger partial charge in [-0.05, 0) is 63.9 Å². The Balaban J connectivity index is 1.33. The summed E-state index contributed by atoms with van der Waals surface area (Å²) in [4.78, 5) is 12.2. The average Bonchev–Trinajstić information content (AvgIpc) is 3.71. The summed E-state index contributed by atoms with van der Waals surface area (Å²) in [6.07, 6.45) is 7.29. The first-order chi connectivity index (χ1) is 21.1. The maximum absolute atomic E-state index is 13.8. The summed E-state index contributed by atoms with van der Waals surface area (Å²) < 4.78 is 15.8. The molecule has 2 N–H and O–H groups in total. The van der Waals surface area contributed by atoms with Crippen molar-refractivity contribution in [2.45, 2.75) is 51.2 Å². The minimum atomic E-state index is -0.534. The van der Waals surface area contributed by atoms with Gasteiger partial charge in [0.2, 0.25) is 0 Å². The molecule has 1 fully saturated rings. The van der Waals surface area contributed by atoms with E-state index in [-0.39, 0.29) is 22.6 Å². The van der Waals surface area contributed by atoms with Gasteiger partial charge in [-0.2, -0.15) is 5.26 Å².